The van der Waals surface area contributed by atoms with Crippen LogP contribution in [0.15, 0.2) is 59.5 Å². The predicted octanol–water partition coefficient (Wildman–Crippen LogP) is 5.70. The Kier molecular flexibility index (Phi) is 8.02. The van der Waals surface area contributed by atoms with Gasteiger partial charge in [0, 0.05) is 61.8 Å². The molecular weight excluding hydrogens is 584 g/mol. The minimum Gasteiger partial charge on any atom is -0.507 e. The molecule has 46 heavy (non-hydrogen) atoms. The molecule has 7 rings (SSSR count). The van der Waals surface area contributed by atoms with Crippen molar-refractivity contribution in [2.45, 2.75) is 57.3 Å². The number of para-hydroxylation sites is 1. The fraction of sp³-hybridized carbons (Fsp3) is 0.412. The first-order valence-electron chi connectivity index (χ1n) is 16.0. The number of anilines is 2. The van der Waals surface area contributed by atoms with Crippen LogP contribution in [0.4, 0.5) is 11.8 Å². The second-order valence-corrected chi connectivity index (χ2v) is 12.7. The highest BCUT2D eigenvalue weighted by molar-refractivity contribution is 5.84. The Morgan fingerprint density at radius 3 is 2.35 bits per heavy atom. The highest BCUT2D eigenvalue weighted by Crippen LogP contribution is 2.37. The average Bonchev–Trinajstić information content (AvgIpc) is 3.73. The van der Waals surface area contributed by atoms with Crippen molar-refractivity contribution >= 4 is 28.8 Å². The molecular formula is C34H38N8O4. The van der Waals surface area contributed by atoms with Gasteiger partial charge in [-0.2, -0.15) is 0 Å². The molecule has 0 amide bonds. The number of piperidine rings is 2. The molecule has 5 aromatic rings. The van der Waals surface area contributed by atoms with Crippen molar-refractivity contribution in [1.29, 1.82) is 0 Å². The number of phenolic OH excluding ortho intramolecular Hbond substituents is 1. The molecule has 238 valence electrons. The largest absolute Gasteiger partial charge is 0.507 e. The van der Waals surface area contributed by atoms with E-state index in [2.05, 4.69) is 30.1 Å². The smallest absolute Gasteiger partial charge is 0.314 e. The van der Waals surface area contributed by atoms with Gasteiger partial charge in [-0.3, -0.25) is 4.79 Å². The number of aliphatic carboxylic acids is 1. The van der Waals surface area contributed by atoms with Gasteiger partial charge in [-0.05, 0) is 72.8 Å². The van der Waals surface area contributed by atoms with Gasteiger partial charge in [-0.25, -0.2) is 9.97 Å². The van der Waals surface area contributed by atoms with Gasteiger partial charge in [0.15, 0.2) is 17.2 Å². The first-order chi connectivity index (χ1) is 22.4. The van der Waals surface area contributed by atoms with Crippen molar-refractivity contribution in [1.82, 2.24) is 30.3 Å². The average molecular weight is 623 g/mol. The summed E-state index contributed by atoms with van der Waals surface area (Å²) in [6.45, 7) is 7.08. The molecule has 3 N–H and O–H groups in total. The van der Waals surface area contributed by atoms with E-state index in [4.69, 9.17) is 14.5 Å². The molecule has 2 aliphatic heterocycles. The summed E-state index contributed by atoms with van der Waals surface area (Å²) >= 11 is 0. The van der Waals surface area contributed by atoms with E-state index in [9.17, 15) is 15.0 Å². The molecule has 12 nitrogen and oxygen atoms in total. The maximum atomic E-state index is 11.7. The number of nitrogens with zero attached hydrogens (tertiary/aromatic N) is 7. The number of carbonyl (C=O) groups is 1. The lowest BCUT2D eigenvalue weighted by Crippen LogP contribution is -2.34. The Balaban J connectivity index is 0.953. The second-order valence-electron chi connectivity index (χ2n) is 12.7. The fourth-order valence-electron chi connectivity index (χ4n) is 6.95. The van der Waals surface area contributed by atoms with Crippen LogP contribution in [0.1, 0.15) is 74.2 Å². The summed E-state index contributed by atoms with van der Waals surface area (Å²) in [5, 5.41) is 33.8. The molecule has 0 aliphatic carbocycles. The maximum Gasteiger partial charge on any atom is 0.314 e. The number of carboxylic acid groups (broad SMARTS) is 1. The van der Waals surface area contributed by atoms with E-state index in [1.165, 1.54) is 5.56 Å². The number of aromatic nitrogens is 6. The van der Waals surface area contributed by atoms with Crippen molar-refractivity contribution in [2.24, 2.45) is 5.92 Å². The van der Waals surface area contributed by atoms with Gasteiger partial charge in [0.05, 0.1) is 5.69 Å². The van der Waals surface area contributed by atoms with Crippen LogP contribution >= 0.6 is 0 Å². The van der Waals surface area contributed by atoms with Gasteiger partial charge in [0.2, 0.25) is 5.95 Å². The standard InChI is InChI=1S/C34H38N8O4/c1-20(2)31(33(44)45)29-16-30(40-46-29)41-11-7-21(8-12-41)23-17-36-34(37-18-23)42-13-9-22(10-14-42)26-19-35-32-25(26)15-27(38-39-32)24-5-3-4-6-28(24)43/h3-6,15-22,31,43H,7-14H2,1-2H3,(H,35,39)(H,44,45). The summed E-state index contributed by atoms with van der Waals surface area (Å²) in [4.78, 5) is 28.9. The number of hydrogen-bond acceptors (Lipinski definition) is 10. The molecule has 0 spiro atoms. The van der Waals surface area contributed by atoms with E-state index < -0.39 is 11.9 Å². The van der Waals surface area contributed by atoms with Gasteiger partial charge in [0.1, 0.15) is 11.7 Å². The predicted molar refractivity (Wildman–Crippen MR) is 173 cm³/mol. The van der Waals surface area contributed by atoms with Crippen molar-refractivity contribution in [2.75, 3.05) is 36.0 Å². The van der Waals surface area contributed by atoms with Gasteiger partial charge < -0.3 is 29.5 Å². The zero-order valence-corrected chi connectivity index (χ0v) is 26.0. The zero-order chi connectivity index (χ0) is 31.8. The molecule has 0 bridgehead atoms. The van der Waals surface area contributed by atoms with Gasteiger partial charge >= 0.3 is 5.97 Å². The number of benzene rings is 1. The number of aromatic amines is 1. The number of rotatable bonds is 8. The van der Waals surface area contributed by atoms with Crippen LogP contribution < -0.4 is 9.80 Å². The Hall–Kier alpha value is -5.00. The molecule has 2 saturated heterocycles. The van der Waals surface area contributed by atoms with E-state index in [0.717, 1.165) is 74.4 Å². The Bertz CT molecular complexity index is 1820. The second kappa shape index (κ2) is 12.4. The summed E-state index contributed by atoms with van der Waals surface area (Å²) in [5.74, 6) is 1.11. The molecule has 12 heteroatoms. The molecule has 0 radical (unpaired) electrons. The highest BCUT2D eigenvalue weighted by atomic mass is 16.5. The van der Waals surface area contributed by atoms with Crippen molar-refractivity contribution in [3.05, 3.63) is 71.9 Å². The topological polar surface area (TPSA) is 157 Å². The SMILES string of the molecule is CC(C)C(C(=O)O)c1cc(N2CCC(c3cnc(N4CCC(c5c[nH]c6nnc(-c7ccccc7O)cc56)CC4)nc3)CC2)no1. The van der Waals surface area contributed by atoms with Crippen LogP contribution in [0.5, 0.6) is 5.75 Å². The number of phenols is 1. The Morgan fingerprint density at radius 1 is 0.957 bits per heavy atom. The van der Waals surface area contributed by atoms with E-state index in [1.807, 2.05) is 50.6 Å². The van der Waals surface area contributed by atoms with Crippen LogP contribution in [-0.2, 0) is 4.79 Å². The third-order valence-corrected chi connectivity index (χ3v) is 9.57. The van der Waals surface area contributed by atoms with Crippen LogP contribution in [0, 0.1) is 5.92 Å². The van der Waals surface area contributed by atoms with Gasteiger partial charge in [0.25, 0.3) is 0 Å². The number of hydrogen-bond donors (Lipinski definition) is 3. The molecule has 1 aromatic carbocycles. The van der Waals surface area contributed by atoms with Crippen molar-refractivity contribution in [3.63, 3.8) is 0 Å². The van der Waals surface area contributed by atoms with E-state index in [1.54, 1.807) is 18.2 Å². The molecule has 0 saturated carbocycles. The van der Waals surface area contributed by atoms with Crippen LogP contribution in [-0.4, -0.2) is 72.7 Å². The zero-order valence-electron chi connectivity index (χ0n) is 26.0. The molecule has 6 heterocycles. The number of carboxylic acids is 1. The quantitative estimate of drug-likeness (QED) is 0.195. The Labute approximate surface area is 266 Å². The first kappa shape index (κ1) is 29.7. The highest BCUT2D eigenvalue weighted by Gasteiger charge is 2.30. The third kappa shape index (κ3) is 5.75. The maximum absolute atomic E-state index is 11.7. The normalized spacial score (nSPS) is 17.2. The van der Waals surface area contributed by atoms with Crippen molar-refractivity contribution in [3.8, 4) is 17.0 Å². The van der Waals surface area contributed by atoms with Gasteiger partial charge in [-0.1, -0.05) is 31.1 Å². The summed E-state index contributed by atoms with van der Waals surface area (Å²) in [6, 6.07) is 11.0. The summed E-state index contributed by atoms with van der Waals surface area (Å²) in [6.07, 6.45) is 9.80. The molecule has 1 unspecified atom stereocenters. The monoisotopic (exact) mass is 622 g/mol. The minimum atomic E-state index is -0.894. The van der Waals surface area contributed by atoms with E-state index in [0.29, 0.717) is 34.7 Å². The molecule has 4 aromatic heterocycles. The summed E-state index contributed by atoms with van der Waals surface area (Å²) in [5.41, 5.74) is 4.46. The summed E-state index contributed by atoms with van der Waals surface area (Å²) in [7, 11) is 0. The number of aromatic hydroxyl groups is 1. The van der Waals surface area contributed by atoms with Gasteiger partial charge in [-0.15, -0.1) is 10.2 Å². The summed E-state index contributed by atoms with van der Waals surface area (Å²) < 4.78 is 5.44. The fourth-order valence-corrected chi connectivity index (χ4v) is 6.95. The third-order valence-electron chi connectivity index (χ3n) is 9.57. The lowest BCUT2D eigenvalue weighted by molar-refractivity contribution is -0.140. The lowest BCUT2D eigenvalue weighted by atomic mass is 9.89. The van der Waals surface area contributed by atoms with E-state index >= 15 is 0 Å². The molecule has 2 aliphatic rings. The number of H-pyrrole nitrogens is 1. The first-order valence-corrected chi connectivity index (χ1v) is 16.0. The van der Waals surface area contributed by atoms with Crippen LogP contribution in [0.25, 0.3) is 22.3 Å². The van der Waals surface area contributed by atoms with E-state index in [-0.39, 0.29) is 11.7 Å². The molecule has 1 atom stereocenters. The lowest BCUT2D eigenvalue weighted by Gasteiger charge is -2.33. The Morgan fingerprint density at radius 2 is 1.65 bits per heavy atom. The van der Waals surface area contributed by atoms with Crippen LogP contribution in [0.3, 0.4) is 0 Å². The number of nitrogens with one attached hydrogen (secondary N) is 1. The molecule has 2 fully saturated rings. The van der Waals surface area contributed by atoms with Crippen LogP contribution in [0.2, 0.25) is 0 Å². The van der Waals surface area contributed by atoms with Crippen molar-refractivity contribution < 1.29 is 19.5 Å². The minimum absolute atomic E-state index is 0.0844. The number of fused-ring (bicyclic) bond motifs is 1.